The minimum Gasteiger partial charge on any atom is -0.480 e. The number of carboxylic acids is 1. The predicted molar refractivity (Wildman–Crippen MR) is 134 cm³/mol. The van der Waals surface area contributed by atoms with Crippen molar-refractivity contribution in [3.8, 4) is 11.1 Å². The van der Waals surface area contributed by atoms with Gasteiger partial charge in [0.05, 0.1) is 6.61 Å². The molecule has 0 saturated carbocycles. The van der Waals surface area contributed by atoms with Gasteiger partial charge in [-0.2, -0.15) is 0 Å². The van der Waals surface area contributed by atoms with E-state index in [9.17, 15) is 24.3 Å². The topological polar surface area (TPSA) is 140 Å². The van der Waals surface area contributed by atoms with Gasteiger partial charge in [0, 0.05) is 12.5 Å². The summed E-state index contributed by atoms with van der Waals surface area (Å²) in [6.07, 6.45) is -0.301. The molecule has 3 rings (SSSR count). The molecule has 2 aromatic carbocycles. The zero-order chi connectivity index (χ0) is 26.6. The smallest absolute Gasteiger partial charge is 0.407 e. The van der Waals surface area contributed by atoms with Crippen molar-refractivity contribution in [2.24, 2.45) is 0 Å². The molecule has 198 valence electrons. The number of amides is 2. The van der Waals surface area contributed by atoms with Crippen LogP contribution in [0, 0.1) is 0 Å². The van der Waals surface area contributed by atoms with Crippen molar-refractivity contribution in [3.05, 3.63) is 59.7 Å². The number of nitrogens with one attached hydrogen (secondary N) is 2. The number of unbranched alkanes of at least 4 members (excludes halogenated alkanes) is 1. The summed E-state index contributed by atoms with van der Waals surface area (Å²) in [6, 6.07) is 14.8. The summed E-state index contributed by atoms with van der Waals surface area (Å²) < 4.78 is 15.3. The van der Waals surface area contributed by atoms with Gasteiger partial charge in [0.2, 0.25) is 0 Å². The molecule has 0 spiro atoms. The van der Waals surface area contributed by atoms with Crippen molar-refractivity contribution in [1.29, 1.82) is 0 Å². The largest absolute Gasteiger partial charge is 0.480 e. The van der Waals surface area contributed by atoms with Crippen LogP contribution in [0.15, 0.2) is 48.5 Å². The molecular formula is C27H32N2O8. The Kier molecular flexibility index (Phi) is 10.5. The number of Topliss-reactive ketones (excluding diaryl/α,β-unsaturated/α-hetero) is 1. The molecule has 1 atom stereocenters. The van der Waals surface area contributed by atoms with E-state index in [1.165, 1.54) is 6.92 Å². The molecular weight excluding hydrogens is 480 g/mol. The number of ketones is 1. The fourth-order valence-electron chi connectivity index (χ4n) is 4.16. The zero-order valence-corrected chi connectivity index (χ0v) is 20.7. The number of alkyl carbamates (subject to hydrolysis) is 2. The number of carbonyl (C=O) groups excluding carboxylic acids is 3. The molecule has 0 aromatic heterocycles. The van der Waals surface area contributed by atoms with Crippen LogP contribution in [0.3, 0.4) is 0 Å². The minimum atomic E-state index is -1.16. The van der Waals surface area contributed by atoms with Crippen LogP contribution in [-0.2, 0) is 23.8 Å². The van der Waals surface area contributed by atoms with Crippen molar-refractivity contribution < 1.29 is 38.5 Å². The first-order chi connectivity index (χ1) is 17.9. The van der Waals surface area contributed by atoms with E-state index in [0.29, 0.717) is 12.8 Å². The molecule has 2 aromatic rings. The third-order valence-electron chi connectivity index (χ3n) is 5.89. The lowest BCUT2D eigenvalue weighted by Gasteiger charge is -2.17. The maximum absolute atomic E-state index is 12.4. The Bertz CT molecular complexity index is 1060. The van der Waals surface area contributed by atoms with E-state index in [1.54, 1.807) is 0 Å². The van der Waals surface area contributed by atoms with E-state index in [1.807, 2.05) is 48.5 Å². The summed E-state index contributed by atoms with van der Waals surface area (Å²) in [4.78, 5) is 46.4. The number of ether oxygens (including phenoxy) is 3. The number of hydrogen-bond acceptors (Lipinski definition) is 7. The quantitative estimate of drug-likeness (QED) is 0.327. The number of fused-ring (bicyclic) bond motifs is 3. The fraction of sp³-hybridized carbons (Fsp3) is 0.407. The molecule has 3 N–H and O–H groups in total. The number of hydrogen-bond donors (Lipinski definition) is 3. The van der Waals surface area contributed by atoms with Crippen LogP contribution in [0.4, 0.5) is 9.59 Å². The van der Waals surface area contributed by atoms with Gasteiger partial charge in [0.1, 0.15) is 25.9 Å². The first-order valence-corrected chi connectivity index (χ1v) is 12.2. The molecule has 0 fully saturated rings. The minimum absolute atomic E-state index is 0.0181. The highest BCUT2D eigenvalue weighted by molar-refractivity contribution is 5.81. The molecule has 10 nitrogen and oxygen atoms in total. The van der Waals surface area contributed by atoms with Crippen LogP contribution >= 0.6 is 0 Å². The van der Waals surface area contributed by atoms with Gasteiger partial charge >= 0.3 is 18.2 Å². The lowest BCUT2D eigenvalue weighted by Crippen LogP contribution is -2.41. The number of benzene rings is 2. The first kappa shape index (κ1) is 27.7. The van der Waals surface area contributed by atoms with Crippen LogP contribution in [0.2, 0.25) is 0 Å². The van der Waals surface area contributed by atoms with Crippen molar-refractivity contribution in [2.45, 2.75) is 38.1 Å². The molecule has 10 heteroatoms. The molecule has 0 heterocycles. The maximum Gasteiger partial charge on any atom is 0.407 e. The van der Waals surface area contributed by atoms with Crippen LogP contribution in [0.25, 0.3) is 11.1 Å². The van der Waals surface area contributed by atoms with E-state index in [4.69, 9.17) is 14.2 Å². The standard InChI is InChI=1S/C27H32N2O8/c1-18(30)16-35-14-15-36-26(33)28-13-7-6-12-24(25(31)32)29-27(34)37-17-23-21-10-4-2-8-19(21)20-9-3-5-11-22(20)23/h2-5,8-11,23-24H,6-7,12-17H2,1H3,(H,28,33)(H,29,34)(H,31,32)/t24-/m0/s1. The van der Waals surface area contributed by atoms with E-state index >= 15 is 0 Å². The van der Waals surface area contributed by atoms with Gasteiger partial charge in [0.25, 0.3) is 0 Å². The Balaban J connectivity index is 1.36. The molecule has 2 amide bonds. The average Bonchev–Trinajstić information content (AvgIpc) is 3.19. The highest BCUT2D eigenvalue weighted by Gasteiger charge is 2.29. The van der Waals surface area contributed by atoms with Crippen molar-refractivity contribution >= 4 is 23.9 Å². The second-order valence-electron chi connectivity index (χ2n) is 8.67. The summed E-state index contributed by atoms with van der Waals surface area (Å²) in [5, 5.41) is 14.5. The number of aliphatic carboxylic acids is 1. The lowest BCUT2D eigenvalue weighted by atomic mass is 9.98. The number of rotatable bonds is 14. The van der Waals surface area contributed by atoms with E-state index in [2.05, 4.69) is 10.6 Å². The van der Waals surface area contributed by atoms with E-state index in [0.717, 1.165) is 22.3 Å². The van der Waals surface area contributed by atoms with E-state index < -0.39 is 24.2 Å². The maximum atomic E-state index is 12.4. The van der Waals surface area contributed by atoms with Gasteiger partial charge in [-0.25, -0.2) is 14.4 Å². The monoisotopic (exact) mass is 512 g/mol. The van der Waals surface area contributed by atoms with Gasteiger partial charge < -0.3 is 30.0 Å². The third-order valence-corrected chi connectivity index (χ3v) is 5.89. The van der Waals surface area contributed by atoms with Crippen molar-refractivity contribution in [2.75, 3.05) is 33.0 Å². The molecule has 1 aliphatic rings. The van der Waals surface area contributed by atoms with Gasteiger partial charge in [-0.1, -0.05) is 48.5 Å². The molecule has 0 aliphatic heterocycles. The van der Waals surface area contributed by atoms with Gasteiger partial charge in [-0.3, -0.25) is 4.79 Å². The summed E-state index contributed by atoms with van der Waals surface area (Å²) in [7, 11) is 0. The highest BCUT2D eigenvalue weighted by Crippen LogP contribution is 2.44. The SMILES string of the molecule is CC(=O)COCCOC(=O)NCCCC[C@H](NC(=O)OCC1c2ccccc2-c2ccccc21)C(=O)O. The number of carboxylic acid groups (broad SMARTS) is 1. The Labute approximate surface area is 215 Å². The summed E-state index contributed by atoms with van der Waals surface area (Å²) in [6.45, 7) is 1.89. The Morgan fingerprint density at radius 2 is 1.54 bits per heavy atom. The molecule has 0 saturated heterocycles. The summed E-state index contributed by atoms with van der Waals surface area (Å²) in [5.41, 5.74) is 4.35. The van der Waals surface area contributed by atoms with Gasteiger partial charge in [-0.15, -0.1) is 0 Å². The molecule has 0 unspecified atom stereocenters. The third kappa shape index (κ3) is 8.32. The van der Waals surface area contributed by atoms with Crippen LogP contribution < -0.4 is 10.6 Å². The van der Waals surface area contributed by atoms with Crippen LogP contribution in [0.5, 0.6) is 0 Å². The number of carbonyl (C=O) groups is 4. The van der Waals surface area contributed by atoms with Gasteiger partial charge in [0.15, 0.2) is 5.78 Å². The van der Waals surface area contributed by atoms with Crippen LogP contribution in [0.1, 0.15) is 43.2 Å². The Morgan fingerprint density at radius 1 is 0.892 bits per heavy atom. The summed E-state index contributed by atoms with van der Waals surface area (Å²) in [5.74, 6) is -1.39. The van der Waals surface area contributed by atoms with E-state index in [-0.39, 0.29) is 51.1 Å². The highest BCUT2D eigenvalue weighted by atomic mass is 16.6. The molecule has 0 bridgehead atoms. The fourth-order valence-corrected chi connectivity index (χ4v) is 4.16. The average molecular weight is 513 g/mol. The Hall–Kier alpha value is -3.92. The predicted octanol–water partition coefficient (Wildman–Crippen LogP) is 3.48. The van der Waals surface area contributed by atoms with Crippen LogP contribution in [-0.4, -0.2) is 68.1 Å². The van der Waals surface area contributed by atoms with Crippen molar-refractivity contribution in [3.63, 3.8) is 0 Å². The van der Waals surface area contributed by atoms with Gasteiger partial charge in [-0.05, 0) is 48.4 Å². The second kappa shape index (κ2) is 14.0. The first-order valence-electron chi connectivity index (χ1n) is 12.2. The molecule has 0 radical (unpaired) electrons. The second-order valence-corrected chi connectivity index (χ2v) is 8.67. The van der Waals surface area contributed by atoms with Crippen molar-refractivity contribution in [1.82, 2.24) is 10.6 Å². The summed E-state index contributed by atoms with van der Waals surface area (Å²) >= 11 is 0. The Morgan fingerprint density at radius 3 is 2.16 bits per heavy atom. The lowest BCUT2D eigenvalue weighted by molar-refractivity contribution is -0.139. The molecule has 37 heavy (non-hydrogen) atoms. The normalized spacial score (nSPS) is 12.7. The zero-order valence-electron chi connectivity index (χ0n) is 20.7. The molecule has 1 aliphatic carbocycles.